The predicted octanol–water partition coefficient (Wildman–Crippen LogP) is 1.52. The molecule has 28 heavy (non-hydrogen) atoms. The topological polar surface area (TPSA) is 123 Å². The van der Waals surface area contributed by atoms with Crippen LogP contribution in [0.3, 0.4) is 0 Å². The summed E-state index contributed by atoms with van der Waals surface area (Å²) in [5, 5.41) is 11.1. The third-order valence-corrected chi connectivity index (χ3v) is 4.58. The second kappa shape index (κ2) is 7.73. The van der Waals surface area contributed by atoms with Gasteiger partial charge in [-0.3, -0.25) is 4.79 Å². The van der Waals surface area contributed by atoms with Gasteiger partial charge in [-0.15, -0.1) is 10.2 Å². The van der Waals surface area contributed by atoms with E-state index >= 15 is 0 Å². The molecule has 4 rings (SSSR count). The van der Waals surface area contributed by atoms with Crippen molar-refractivity contribution in [3.05, 3.63) is 41.9 Å². The van der Waals surface area contributed by atoms with Crippen molar-refractivity contribution in [2.75, 3.05) is 31.9 Å². The summed E-state index contributed by atoms with van der Waals surface area (Å²) >= 11 is 0. The highest BCUT2D eigenvalue weighted by Gasteiger charge is 2.18. The van der Waals surface area contributed by atoms with E-state index < -0.39 is 0 Å². The molecule has 2 aromatic heterocycles. The molecule has 1 saturated heterocycles. The fourth-order valence-corrected chi connectivity index (χ4v) is 3.10. The van der Waals surface area contributed by atoms with Gasteiger partial charge < -0.3 is 20.4 Å². The largest absolute Gasteiger partial charge is 0.420 e. The van der Waals surface area contributed by atoms with Gasteiger partial charge in [-0.1, -0.05) is 12.1 Å². The standard InChI is InChI=1S/C19H21N7O2/c1-12-24-25-18(28-12)16-17(20)22-11-15(23-16)13-3-5-14(6-4-13)19(27)26-9-2-7-21-8-10-26/h3-6,11,21H,2,7-10H2,1H3,(H2,20,22). The van der Waals surface area contributed by atoms with E-state index in [0.29, 0.717) is 22.8 Å². The Morgan fingerprint density at radius 3 is 2.75 bits per heavy atom. The van der Waals surface area contributed by atoms with E-state index in [1.165, 1.54) is 0 Å². The van der Waals surface area contributed by atoms with Crippen molar-refractivity contribution in [2.45, 2.75) is 13.3 Å². The molecule has 0 spiro atoms. The van der Waals surface area contributed by atoms with Crippen molar-refractivity contribution >= 4 is 11.7 Å². The van der Waals surface area contributed by atoms with Gasteiger partial charge in [-0.25, -0.2) is 9.97 Å². The molecule has 9 heteroatoms. The van der Waals surface area contributed by atoms with Crippen molar-refractivity contribution < 1.29 is 9.21 Å². The number of nitrogens with zero attached hydrogens (tertiary/aromatic N) is 5. The molecule has 144 valence electrons. The third kappa shape index (κ3) is 3.70. The molecule has 1 aliphatic rings. The highest BCUT2D eigenvalue weighted by Crippen LogP contribution is 2.25. The summed E-state index contributed by atoms with van der Waals surface area (Å²) in [6.45, 7) is 4.95. The SMILES string of the molecule is Cc1nnc(-c2nc(-c3ccc(C(=O)N4CCCNCC4)cc3)cnc2N)o1. The van der Waals surface area contributed by atoms with E-state index in [1.54, 1.807) is 13.1 Å². The van der Waals surface area contributed by atoms with Crippen molar-refractivity contribution in [1.29, 1.82) is 0 Å². The van der Waals surface area contributed by atoms with Crippen LogP contribution >= 0.6 is 0 Å². The first-order chi connectivity index (χ1) is 13.6. The number of hydrogen-bond donors (Lipinski definition) is 2. The van der Waals surface area contributed by atoms with Gasteiger partial charge in [-0.2, -0.15) is 0 Å². The summed E-state index contributed by atoms with van der Waals surface area (Å²) in [5.74, 6) is 0.911. The number of nitrogen functional groups attached to an aromatic ring is 1. The molecule has 0 bridgehead atoms. The van der Waals surface area contributed by atoms with E-state index in [1.807, 2.05) is 29.2 Å². The zero-order valence-electron chi connectivity index (χ0n) is 15.6. The molecule has 1 aliphatic heterocycles. The Bertz CT molecular complexity index is 976. The molecule has 0 radical (unpaired) electrons. The lowest BCUT2D eigenvalue weighted by Gasteiger charge is -2.20. The molecular weight excluding hydrogens is 358 g/mol. The van der Waals surface area contributed by atoms with E-state index in [0.717, 1.165) is 38.2 Å². The maximum absolute atomic E-state index is 12.7. The molecule has 3 N–H and O–H groups in total. The predicted molar refractivity (Wildman–Crippen MR) is 103 cm³/mol. The Morgan fingerprint density at radius 2 is 2.00 bits per heavy atom. The summed E-state index contributed by atoms with van der Waals surface area (Å²) in [6, 6.07) is 7.33. The number of anilines is 1. The first-order valence-electron chi connectivity index (χ1n) is 9.15. The molecule has 1 amide bonds. The molecule has 3 aromatic rings. The first-order valence-corrected chi connectivity index (χ1v) is 9.15. The lowest BCUT2D eigenvalue weighted by molar-refractivity contribution is 0.0766. The Kier molecular flexibility index (Phi) is 4.98. The number of carbonyl (C=O) groups excluding carboxylic acids is 1. The van der Waals surface area contributed by atoms with Gasteiger partial charge in [0.25, 0.3) is 11.8 Å². The molecule has 1 fully saturated rings. The van der Waals surface area contributed by atoms with Gasteiger partial charge in [0.05, 0.1) is 11.9 Å². The van der Waals surface area contributed by atoms with Gasteiger partial charge >= 0.3 is 0 Å². The number of amides is 1. The maximum atomic E-state index is 12.7. The Labute approximate surface area is 162 Å². The fraction of sp³-hybridized carbons (Fsp3) is 0.316. The monoisotopic (exact) mass is 379 g/mol. The minimum atomic E-state index is 0.0423. The Hall–Kier alpha value is -3.33. The average Bonchev–Trinajstić information content (AvgIpc) is 2.97. The van der Waals surface area contributed by atoms with Crippen LogP contribution in [-0.4, -0.2) is 57.2 Å². The second-order valence-electron chi connectivity index (χ2n) is 6.59. The molecular formula is C19H21N7O2. The summed E-state index contributed by atoms with van der Waals surface area (Å²) in [7, 11) is 0. The fourth-order valence-electron chi connectivity index (χ4n) is 3.10. The van der Waals surface area contributed by atoms with Crippen LogP contribution in [0.5, 0.6) is 0 Å². The molecule has 0 atom stereocenters. The highest BCUT2D eigenvalue weighted by molar-refractivity contribution is 5.94. The third-order valence-electron chi connectivity index (χ3n) is 4.58. The van der Waals surface area contributed by atoms with E-state index in [2.05, 4.69) is 25.5 Å². The summed E-state index contributed by atoms with van der Waals surface area (Å²) in [4.78, 5) is 23.3. The molecule has 1 aromatic carbocycles. The number of aryl methyl sites for hydroxylation is 1. The normalized spacial score (nSPS) is 14.7. The quantitative estimate of drug-likeness (QED) is 0.702. The van der Waals surface area contributed by atoms with Gasteiger partial charge in [0, 0.05) is 37.7 Å². The molecule has 0 saturated carbocycles. The van der Waals surface area contributed by atoms with Crippen LogP contribution in [-0.2, 0) is 0 Å². The van der Waals surface area contributed by atoms with E-state index in [-0.39, 0.29) is 17.6 Å². The number of aromatic nitrogens is 4. The van der Waals surface area contributed by atoms with Crippen LogP contribution in [0.1, 0.15) is 22.7 Å². The van der Waals surface area contributed by atoms with E-state index in [4.69, 9.17) is 10.2 Å². The lowest BCUT2D eigenvalue weighted by atomic mass is 10.1. The van der Waals surface area contributed by atoms with Gasteiger partial charge in [0.15, 0.2) is 11.5 Å². The number of benzene rings is 1. The summed E-state index contributed by atoms with van der Waals surface area (Å²) in [6.07, 6.45) is 2.54. The zero-order valence-corrected chi connectivity index (χ0v) is 15.6. The number of nitrogens with two attached hydrogens (primary N) is 1. The summed E-state index contributed by atoms with van der Waals surface area (Å²) < 4.78 is 5.41. The smallest absolute Gasteiger partial charge is 0.270 e. The summed E-state index contributed by atoms with van der Waals surface area (Å²) in [5.41, 5.74) is 8.34. The van der Waals surface area contributed by atoms with Crippen LogP contribution in [0.2, 0.25) is 0 Å². The van der Waals surface area contributed by atoms with Crippen molar-refractivity contribution in [3.8, 4) is 22.8 Å². The van der Waals surface area contributed by atoms with Crippen molar-refractivity contribution in [1.82, 2.24) is 30.4 Å². The van der Waals surface area contributed by atoms with Crippen LogP contribution in [0.25, 0.3) is 22.8 Å². The highest BCUT2D eigenvalue weighted by atomic mass is 16.4. The molecule has 9 nitrogen and oxygen atoms in total. The van der Waals surface area contributed by atoms with Crippen LogP contribution in [0, 0.1) is 6.92 Å². The number of hydrogen-bond acceptors (Lipinski definition) is 8. The zero-order chi connectivity index (χ0) is 19.5. The lowest BCUT2D eigenvalue weighted by Crippen LogP contribution is -2.34. The van der Waals surface area contributed by atoms with Crippen LogP contribution in [0.4, 0.5) is 5.82 Å². The first kappa shape index (κ1) is 18.1. The Balaban J connectivity index is 1.58. The minimum Gasteiger partial charge on any atom is -0.420 e. The van der Waals surface area contributed by atoms with Crippen LogP contribution < -0.4 is 11.1 Å². The minimum absolute atomic E-state index is 0.0423. The number of nitrogens with one attached hydrogen (secondary N) is 1. The number of rotatable bonds is 3. The van der Waals surface area contributed by atoms with Gasteiger partial charge in [0.2, 0.25) is 5.89 Å². The van der Waals surface area contributed by atoms with Gasteiger partial charge in [0.1, 0.15) is 0 Å². The second-order valence-corrected chi connectivity index (χ2v) is 6.59. The molecule has 0 unspecified atom stereocenters. The van der Waals surface area contributed by atoms with Crippen molar-refractivity contribution in [3.63, 3.8) is 0 Å². The molecule has 0 aliphatic carbocycles. The van der Waals surface area contributed by atoms with Gasteiger partial charge in [-0.05, 0) is 25.1 Å². The van der Waals surface area contributed by atoms with Crippen molar-refractivity contribution in [2.24, 2.45) is 0 Å². The molecule has 3 heterocycles. The number of carbonyl (C=O) groups is 1. The average molecular weight is 379 g/mol. The Morgan fingerprint density at radius 1 is 1.18 bits per heavy atom. The van der Waals surface area contributed by atoms with E-state index in [9.17, 15) is 4.79 Å². The maximum Gasteiger partial charge on any atom is 0.270 e. The van der Waals surface area contributed by atoms with Crippen LogP contribution in [0.15, 0.2) is 34.9 Å².